The van der Waals surface area contributed by atoms with Crippen LogP contribution in [0.15, 0.2) is 24.3 Å². The largest absolute Gasteiger partial charge is 0.508 e. The van der Waals surface area contributed by atoms with Crippen LogP contribution in [0.2, 0.25) is 0 Å². The van der Waals surface area contributed by atoms with E-state index < -0.39 is 29.3 Å². The van der Waals surface area contributed by atoms with Crippen molar-refractivity contribution in [3.63, 3.8) is 0 Å². The lowest BCUT2D eigenvalue weighted by Crippen LogP contribution is -2.55. The summed E-state index contributed by atoms with van der Waals surface area (Å²) in [6, 6.07) is 4.61. The summed E-state index contributed by atoms with van der Waals surface area (Å²) in [5, 5.41) is 16.0. The minimum atomic E-state index is -0.975. The van der Waals surface area contributed by atoms with Gasteiger partial charge in [-0.2, -0.15) is 11.8 Å². The summed E-state index contributed by atoms with van der Waals surface area (Å²) in [6.45, 7) is 13.4. The molecule has 216 valence electrons. The first-order valence-electron chi connectivity index (χ1n) is 13.6. The van der Waals surface area contributed by atoms with Gasteiger partial charge in [0.2, 0.25) is 11.8 Å². The molecular formula is C29H49N3O5S. The topological polar surface area (TPSA) is 108 Å². The molecular weight excluding hydrogens is 502 g/mol. The average Bonchev–Trinajstić information content (AvgIpc) is 2.78. The van der Waals surface area contributed by atoms with E-state index in [0.717, 1.165) is 25.7 Å². The first kappa shape index (κ1) is 33.6. The first-order chi connectivity index (χ1) is 17.7. The van der Waals surface area contributed by atoms with E-state index in [9.17, 15) is 19.5 Å². The molecule has 0 saturated carbocycles. The highest BCUT2D eigenvalue weighted by atomic mass is 32.2. The number of unbranched alkanes of at least 4 members (excludes halogenated alkanes) is 4. The van der Waals surface area contributed by atoms with Crippen LogP contribution in [0.25, 0.3) is 0 Å². The minimum Gasteiger partial charge on any atom is -0.508 e. The van der Waals surface area contributed by atoms with Crippen LogP contribution in [0.4, 0.5) is 4.79 Å². The lowest BCUT2D eigenvalue weighted by molar-refractivity contribution is -0.143. The number of carbonyl (C=O) groups excluding carboxylic acids is 3. The predicted octanol–water partition coefficient (Wildman–Crippen LogP) is 5.79. The molecule has 9 heteroatoms. The van der Waals surface area contributed by atoms with Crippen molar-refractivity contribution < 1.29 is 24.2 Å². The van der Waals surface area contributed by atoms with Crippen molar-refractivity contribution in [1.82, 2.24) is 15.5 Å². The third-order valence-electron chi connectivity index (χ3n) is 5.63. The van der Waals surface area contributed by atoms with Crippen LogP contribution in [0.5, 0.6) is 5.75 Å². The molecule has 0 aliphatic carbocycles. The van der Waals surface area contributed by atoms with Crippen LogP contribution in [0.3, 0.4) is 0 Å². The molecule has 2 unspecified atom stereocenters. The van der Waals surface area contributed by atoms with Gasteiger partial charge in [0.25, 0.3) is 0 Å². The zero-order valence-electron chi connectivity index (χ0n) is 24.6. The normalized spacial score (nSPS) is 13.4. The van der Waals surface area contributed by atoms with Gasteiger partial charge in [-0.05, 0) is 84.1 Å². The van der Waals surface area contributed by atoms with E-state index in [2.05, 4.69) is 17.6 Å². The van der Waals surface area contributed by atoms with Gasteiger partial charge in [-0.25, -0.2) is 4.79 Å². The molecule has 3 N–H and O–H groups in total. The summed E-state index contributed by atoms with van der Waals surface area (Å²) >= 11 is 1.57. The Kier molecular flexibility index (Phi) is 14.0. The molecule has 3 amide bonds. The van der Waals surface area contributed by atoms with Crippen LogP contribution in [0, 0.1) is 0 Å². The van der Waals surface area contributed by atoms with E-state index in [1.165, 1.54) is 12.1 Å². The number of thioether (sulfide) groups is 1. The summed E-state index contributed by atoms with van der Waals surface area (Å²) < 4.78 is 5.44. The fourth-order valence-electron chi connectivity index (χ4n) is 4.00. The number of hydrogen-bond acceptors (Lipinski definition) is 6. The van der Waals surface area contributed by atoms with Gasteiger partial charge in [-0.15, -0.1) is 0 Å². The number of aromatic hydroxyl groups is 1. The van der Waals surface area contributed by atoms with Gasteiger partial charge in [0.15, 0.2) is 0 Å². The molecule has 0 fully saturated rings. The lowest BCUT2D eigenvalue weighted by atomic mass is 9.99. The highest BCUT2D eigenvalue weighted by Crippen LogP contribution is 2.27. The van der Waals surface area contributed by atoms with Crippen LogP contribution in [-0.2, 0) is 14.3 Å². The van der Waals surface area contributed by atoms with Crippen LogP contribution < -0.4 is 10.6 Å². The van der Waals surface area contributed by atoms with E-state index in [4.69, 9.17) is 4.74 Å². The van der Waals surface area contributed by atoms with Crippen molar-refractivity contribution in [2.45, 2.75) is 110 Å². The Morgan fingerprint density at radius 2 is 1.71 bits per heavy atom. The summed E-state index contributed by atoms with van der Waals surface area (Å²) in [5.74, 6) is -0.0393. The number of nitrogens with zero attached hydrogens (tertiary/aromatic N) is 1. The summed E-state index contributed by atoms with van der Waals surface area (Å²) in [7, 11) is 0. The van der Waals surface area contributed by atoms with E-state index in [1.54, 1.807) is 49.6 Å². The number of phenols is 1. The number of ether oxygens (including phenoxy) is 1. The van der Waals surface area contributed by atoms with Crippen molar-refractivity contribution in [2.75, 3.05) is 18.6 Å². The number of alkyl carbamates (subject to hydrolysis) is 1. The predicted molar refractivity (Wildman–Crippen MR) is 155 cm³/mol. The molecule has 0 aliphatic rings. The fraction of sp³-hybridized carbons (Fsp3) is 0.690. The van der Waals surface area contributed by atoms with Gasteiger partial charge < -0.3 is 25.4 Å². The molecule has 2 atom stereocenters. The molecule has 0 aromatic heterocycles. The number of phenolic OH excluding ortho intramolecular Hbond substituents is 1. The van der Waals surface area contributed by atoms with E-state index >= 15 is 0 Å². The third-order valence-corrected chi connectivity index (χ3v) is 6.27. The number of carbonyl (C=O) groups is 3. The zero-order chi connectivity index (χ0) is 28.9. The molecule has 38 heavy (non-hydrogen) atoms. The molecule has 0 radical (unpaired) electrons. The number of hydrogen-bond donors (Lipinski definition) is 3. The zero-order valence-corrected chi connectivity index (χ0v) is 25.4. The third kappa shape index (κ3) is 12.9. The van der Waals surface area contributed by atoms with E-state index in [-0.39, 0.29) is 17.6 Å². The summed E-state index contributed by atoms with van der Waals surface area (Å²) in [6.07, 6.45) is 6.52. The summed E-state index contributed by atoms with van der Waals surface area (Å²) in [4.78, 5) is 42.1. The molecule has 0 heterocycles. The Morgan fingerprint density at radius 3 is 2.26 bits per heavy atom. The maximum Gasteiger partial charge on any atom is 0.408 e. The van der Waals surface area contributed by atoms with Crippen molar-refractivity contribution in [1.29, 1.82) is 0 Å². The van der Waals surface area contributed by atoms with Crippen LogP contribution in [0.1, 0.15) is 98.6 Å². The second-order valence-electron chi connectivity index (χ2n) is 11.7. The smallest absolute Gasteiger partial charge is 0.408 e. The van der Waals surface area contributed by atoms with Gasteiger partial charge in [0, 0.05) is 12.1 Å². The van der Waals surface area contributed by atoms with Crippen molar-refractivity contribution in [2.24, 2.45) is 0 Å². The Bertz CT molecular complexity index is 895. The number of benzene rings is 1. The second kappa shape index (κ2) is 15.9. The van der Waals surface area contributed by atoms with Crippen molar-refractivity contribution >= 4 is 29.7 Å². The quantitative estimate of drug-likeness (QED) is 0.253. The van der Waals surface area contributed by atoms with Gasteiger partial charge in [0.05, 0.1) is 0 Å². The highest BCUT2D eigenvalue weighted by Gasteiger charge is 2.37. The number of amides is 3. The van der Waals surface area contributed by atoms with E-state index in [0.29, 0.717) is 30.7 Å². The SMILES string of the molecule is CCCCCCCN(C(=O)C(CCSC)NC(=O)OC(C)(C)C)C(C(=O)NC(C)(C)C)c1cccc(O)c1. The van der Waals surface area contributed by atoms with Gasteiger partial charge in [0.1, 0.15) is 23.4 Å². The number of rotatable bonds is 14. The maximum atomic E-state index is 14.1. The molecule has 0 saturated heterocycles. The second-order valence-corrected chi connectivity index (χ2v) is 12.6. The minimum absolute atomic E-state index is 0.0113. The fourth-order valence-corrected chi connectivity index (χ4v) is 4.47. The average molecular weight is 552 g/mol. The molecule has 0 spiro atoms. The van der Waals surface area contributed by atoms with Crippen LogP contribution in [-0.4, -0.2) is 63.6 Å². The molecule has 0 bridgehead atoms. The van der Waals surface area contributed by atoms with E-state index in [1.807, 2.05) is 27.0 Å². The molecule has 1 aromatic rings. The Hall–Kier alpha value is -2.42. The molecule has 8 nitrogen and oxygen atoms in total. The highest BCUT2D eigenvalue weighted by molar-refractivity contribution is 7.98. The van der Waals surface area contributed by atoms with Crippen molar-refractivity contribution in [3.05, 3.63) is 29.8 Å². The Morgan fingerprint density at radius 1 is 1.05 bits per heavy atom. The molecule has 0 aliphatic heterocycles. The van der Waals surface area contributed by atoms with Crippen molar-refractivity contribution in [3.8, 4) is 5.75 Å². The standard InChI is InChI=1S/C29H49N3O5S/c1-9-10-11-12-13-18-32(26(35)23(17-19-38-8)30-27(36)37-29(5,6)7)24(25(34)31-28(2,3)4)21-15-14-16-22(33)20-21/h14-16,20,23-24,33H,9-13,17-19H2,1-8H3,(H,30,36)(H,31,34). The molecule has 1 rings (SSSR count). The van der Waals surface area contributed by atoms with Gasteiger partial charge in [-0.1, -0.05) is 44.7 Å². The summed E-state index contributed by atoms with van der Waals surface area (Å²) in [5.41, 5.74) is -0.739. The van der Waals surface area contributed by atoms with Gasteiger partial charge in [-0.3, -0.25) is 9.59 Å². The number of nitrogens with one attached hydrogen (secondary N) is 2. The maximum absolute atomic E-state index is 14.1. The Balaban J connectivity index is 3.47. The molecule has 1 aromatic carbocycles. The lowest BCUT2D eigenvalue weighted by Gasteiger charge is -2.36. The Labute approximate surface area is 233 Å². The monoisotopic (exact) mass is 551 g/mol. The van der Waals surface area contributed by atoms with Gasteiger partial charge >= 0.3 is 6.09 Å². The van der Waals surface area contributed by atoms with Crippen LogP contribution >= 0.6 is 11.8 Å². The first-order valence-corrected chi connectivity index (χ1v) is 15.0.